The average Bonchev–Trinajstić information content (AvgIpc) is 3.09. The summed E-state index contributed by atoms with van der Waals surface area (Å²) < 4.78 is 12.3. The zero-order valence-electron chi connectivity index (χ0n) is 32.5. The lowest BCUT2D eigenvalue weighted by molar-refractivity contribution is -0.0293. The molecular weight excluding hydrogens is 686 g/mol. The van der Waals surface area contributed by atoms with E-state index in [1.54, 1.807) is 12.1 Å². The molecule has 2 atom stereocenters. The van der Waals surface area contributed by atoms with Gasteiger partial charge in [0, 0.05) is 17.1 Å². The Labute approximate surface area is 318 Å². The molecule has 278 valence electrons. The minimum absolute atomic E-state index is 0.0171. The number of nitrogens with one attached hydrogen (secondary N) is 2. The highest BCUT2D eigenvalue weighted by molar-refractivity contribution is 6.32. The minimum atomic E-state index is -1.18. The zero-order valence-corrected chi connectivity index (χ0v) is 34.6. The molecule has 3 aromatic carbocycles. The van der Waals surface area contributed by atoms with Crippen LogP contribution in [-0.2, 0) is 26.7 Å². The van der Waals surface area contributed by atoms with Gasteiger partial charge in [0.25, 0.3) is 0 Å². The third kappa shape index (κ3) is 9.91. The van der Waals surface area contributed by atoms with Crippen LogP contribution in [-0.4, -0.2) is 33.9 Å². The Morgan fingerprint density at radius 2 is 1.42 bits per heavy atom. The van der Waals surface area contributed by atoms with Gasteiger partial charge in [-0.15, -0.1) is 0 Å². The van der Waals surface area contributed by atoms with Crippen LogP contribution in [0.25, 0.3) is 0 Å². The normalized spacial score (nSPS) is 14.2. The second kappa shape index (κ2) is 16.8. The van der Waals surface area contributed by atoms with E-state index in [2.05, 4.69) is 139 Å². The van der Waals surface area contributed by atoms with Crippen LogP contribution in [0.15, 0.2) is 97.2 Å². The third-order valence-electron chi connectivity index (χ3n) is 9.46. The molecule has 1 heterocycles. The molecule has 2 unspecified atom stereocenters. The highest BCUT2D eigenvalue weighted by Crippen LogP contribution is 2.53. The molecule has 1 aromatic heterocycles. The van der Waals surface area contributed by atoms with Crippen LogP contribution in [0.4, 0.5) is 10.6 Å². The van der Waals surface area contributed by atoms with Crippen LogP contribution in [0.1, 0.15) is 101 Å². The molecule has 0 bridgehead atoms. The van der Waals surface area contributed by atoms with Crippen molar-refractivity contribution in [2.45, 2.75) is 91.3 Å². The van der Waals surface area contributed by atoms with E-state index < -0.39 is 32.9 Å². The molecule has 0 aliphatic rings. The fraction of sp³-hybridized carbons (Fsp3) is 0.419. The molecule has 7 nitrogen and oxygen atoms in total. The SMILES string of the molecule is COC(=O)c1ccc(NC(=O)NC(C)(c2ccc(CCC(C)(C)C)c(Cl)c2)C(C(C)C)C(O[SiH2]C(C)(C)C)(c2ccccc2)c2ccccc2)nc1. The van der Waals surface area contributed by atoms with Gasteiger partial charge in [0.05, 0.1) is 18.2 Å². The maximum atomic E-state index is 14.3. The second-order valence-corrected chi connectivity index (χ2v) is 19.7. The average molecular weight is 742 g/mol. The molecule has 2 amide bonds. The largest absolute Gasteiger partial charge is 0.465 e. The first-order valence-electron chi connectivity index (χ1n) is 18.1. The maximum absolute atomic E-state index is 14.3. The van der Waals surface area contributed by atoms with Crippen molar-refractivity contribution in [2.75, 3.05) is 12.4 Å². The lowest BCUT2D eigenvalue weighted by Crippen LogP contribution is -2.60. The van der Waals surface area contributed by atoms with Gasteiger partial charge in [-0.2, -0.15) is 0 Å². The number of aromatic nitrogens is 1. The number of methoxy groups -OCH3 is 1. The van der Waals surface area contributed by atoms with Crippen molar-refractivity contribution in [1.82, 2.24) is 10.3 Å². The first kappa shape index (κ1) is 40.8. The lowest BCUT2D eigenvalue weighted by atomic mass is 9.61. The number of anilines is 1. The number of hydrogen-bond donors (Lipinski definition) is 2. The molecule has 9 heteroatoms. The van der Waals surface area contributed by atoms with Gasteiger partial charge in [0.15, 0.2) is 9.76 Å². The van der Waals surface area contributed by atoms with Gasteiger partial charge in [-0.25, -0.2) is 14.6 Å². The van der Waals surface area contributed by atoms with Gasteiger partial charge in [0.1, 0.15) is 11.4 Å². The van der Waals surface area contributed by atoms with Crippen LogP contribution >= 0.6 is 11.6 Å². The van der Waals surface area contributed by atoms with Crippen LogP contribution in [0.2, 0.25) is 10.1 Å². The van der Waals surface area contributed by atoms with Gasteiger partial charge in [-0.05, 0) is 76.6 Å². The zero-order chi connectivity index (χ0) is 38.3. The van der Waals surface area contributed by atoms with Crippen LogP contribution in [0.5, 0.6) is 0 Å². The van der Waals surface area contributed by atoms with E-state index in [9.17, 15) is 9.59 Å². The summed E-state index contributed by atoms with van der Waals surface area (Å²) in [5.41, 5.74) is 2.38. The summed E-state index contributed by atoms with van der Waals surface area (Å²) in [4.78, 5) is 30.6. The topological polar surface area (TPSA) is 89.5 Å². The molecule has 0 spiro atoms. The molecule has 2 N–H and O–H groups in total. The van der Waals surface area contributed by atoms with Gasteiger partial charge >= 0.3 is 12.0 Å². The van der Waals surface area contributed by atoms with Gasteiger partial charge in [-0.1, -0.05) is 140 Å². The predicted octanol–water partition coefficient (Wildman–Crippen LogP) is 10.1. The summed E-state index contributed by atoms with van der Waals surface area (Å²) in [7, 11) is 0.137. The Hall–Kier alpha value is -3.98. The quantitative estimate of drug-likeness (QED) is 0.105. The van der Waals surface area contributed by atoms with Crippen LogP contribution < -0.4 is 10.6 Å². The van der Waals surface area contributed by atoms with Crippen molar-refractivity contribution >= 4 is 39.2 Å². The number of aryl methyl sites for hydroxylation is 1. The first-order chi connectivity index (χ1) is 24.4. The van der Waals surface area contributed by atoms with E-state index in [1.165, 1.54) is 13.3 Å². The molecule has 0 aliphatic carbocycles. The molecule has 4 aromatic rings. The number of urea groups is 1. The Balaban J connectivity index is 1.96. The van der Waals surface area contributed by atoms with Crippen LogP contribution in [0.3, 0.4) is 0 Å². The predicted molar refractivity (Wildman–Crippen MR) is 216 cm³/mol. The minimum Gasteiger partial charge on any atom is -0.465 e. The standard InChI is InChI=1S/C43H56ClN3O4Si/c1-29(2)37(43(51-52-41(6,7)8,32-17-13-11-14-18-32)33-19-15-12-16-20-33)42(9,34-23-21-30(35(44)27-34)25-26-40(3,4)5)47-39(49)46-36-24-22-31(28-45-36)38(48)50-10/h11-24,27-29,37H,25-26,52H2,1-10H3,(H2,45,46,47,49). The molecule has 0 saturated carbocycles. The second-order valence-electron chi connectivity index (χ2n) is 16.6. The number of ether oxygens (including phenoxy) is 1. The number of hydrogen-bond acceptors (Lipinski definition) is 5. The summed E-state index contributed by atoms with van der Waals surface area (Å²) >= 11 is 7.14. The molecular formula is C43H56ClN3O4Si. The van der Waals surface area contributed by atoms with Gasteiger partial charge in [-0.3, -0.25) is 5.32 Å². The smallest absolute Gasteiger partial charge is 0.339 e. The Morgan fingerprint density at radius 1 is 0.827 bits per heavy atom. The summed E-state index contributed by atoms with van der Waals surface area (Å²) in [6, 6.07) is 29.7. The highest BCUT2D eigenvalue weighted by atomic mass is 35.5. The molecule has 0 fully saturated rings. The van der Waals surface area contributed by atoms with Crippen molar-refractivity contribution in [3.63, 3.8) is 0 Å². The van der Waals surface area contributed by atoms with Crippen LogP contribution in [0, 0.1) is 17.3 Å². The molecule has 0 aliphatic heterocycles. The number of pyridine rings is 1. The van der Waals surface area contributed by atoms with E-state index in [-0.39, 0.29) is 33.7 Å². The van der Waals surface area contributed by atoms with E-state index in [0.717, 1.165) is 35.1 Å². The Morgan fingerprint density at radius 3 is 1.88 bits per heavy atom. The number of rotatable bonds is 13. The third-order valence-corrected chi connectivity index (χ3v) is 11.3. The van der Waals surface area contributed by atoms with Gasteiger partial charge in [0.2, 0.25) is 0 Å². The van der Waals surface area contributed by atoms with Crippen molar-refractivity contribution in [3.8, 4) is 0 Å². The van der Waals surface area contributed by atoms with Crippen molar-refractivity contribution in [2.24, 2.45) is 17.3 Å². The lowest BCUT2D eigenvalue weighted by Gasteiger charge is -2.53. The van der Waals surface area contributed by atoms with Crippen molar-refractivity contribution < 1.29 is 18.8 Å². The number of carbonyl (C=O) groups excluding carboxylic acids is 2. The number of carbonyl (C=O) groups is 2. The summed E-state index contributed by atoms with van der Waals surface area (Å²) in [6.45, 7) is 19.8. The van der Waals surface area contributed by atoms with E-state index >= 15 is 0 Å². The number of esters is 1. The molecule has 52 heavy (non-hydrogen) atoms. The monoisotopic (exact) mass is 741 g/mol. The van der Waals surface area contributed by atoms with E-state index in [1.807, 2.05) is 18.2 Å². The number of benzene rings is 3. The number of nitrogens with zero attached hydrogens (tertiary/aromatic N) is 1. The van der Waals surface area contributed by atoms with Crippen molar-refractivity contribution in [3.05, 3.63) is 130 Å². The summed E-state index contributed by atoms with van der Waals surface area (Å²) in [6.07, 6.45) is 3.21. The fourth-order valence-electron chi connectivity index (χ4n) is 7.03. The summed E-state index contributed by atoms with van der Waals surface area (Å²) in [5, 5.41) is 6.98. The van der Waals surface area contributed by atoms with Gasteiger partial charge < -0.3 is 14.5 Å². The summed E-state index contributed by atoms with van der Waals surface area (Å²) in [5.74, 6) is -0.582. The molecule has 0 radical (unpaired) electrons. The Bertz CT molecular complexity index is 1750. The molecule has 4 rings (SSSR count). The van der Waals surface area contributed by atoms with Crippen molar-refractivity contribution in [1.29, 1.82) is 0 Å². The van der Waals surface area contributed by atoms with E-state index in [0.29, 0.717) is 5.02 Å². The Kier molecular flexibility index (Phi) is 13.2. The fourth-order valence-corrected chi connectivity index (χ4v) is 8.48. The number of halogens is 1. The maximum Gasteiger partial charge on any atom is 0.339 e. The first-order valence-corrected chi connectivity index (χ1v) is 19.7. The highest BCUT2D eigenvalue weighted by Gasteiger charge is 2.54. The molecule has 0 saturated heterocycles. The number of amides is 2. The van der Waals surface area contributed by atoms with E-state index in [4.69, 9.17) is 20.8 Å².